The molecule has 0 aromatic heterocycles. The molecular formula is C28H31F3O3S. The number of allylic oxidation sites excluding steroid dienone is 2. The summed E-state index contributed by atoms with van der Waals surface area (Å²) in [6, 6.07) is 9.28. The molecule has 2 aromatic rings. The van der Waals surface area contributed by atoms with E-state index < -0.39 is 17.7 Å². The van der Waals surface area contributed by atoms with Gasteiger partial charge in [0.15, 0.2) is 5.78 Å². The fraction of sp³-hybridized carbons (Fsp3) is 0.429. The third kappa shape index (κ3) is 6.78. The van der Waals surface area contributed by atoms with Gasteiger partial charge in [-0.15, -0.1) is 11.8 Å². The Kier molecular flexibility index (Phi) is 8.86. The zero-order chi connectivity index (χ0) is 25.8. The third-order valence-corrected chi connectivity index (χ3v) is 7.25. The lowest BCUT2D eigenvalue weighted by atomic mass is 9.79. The number of ether oxygens (including phenoxy) is 1. The van der Waals surface area contributed by atoms with Crippen molar-refractivity contribution < 1.29 is 27.5 Å². The summed E-state index contributed by atoms with van der Waals surface area (Å²) in [7, 11) is 0. The minimum atomic E-state index is -4.35. The summed E-state index contributed by atoms with van der Waals surface area (Å²) in [6.45, 7) is 7.49. The Bertz CT molecular complexity index is 1090. The molecule has 2 aromatic carbocycles. The van der Waals surface area contributed by atoms with Crippen molar-refractivity contribution in [1.29, 1.82) is 0 Å². The number of esters is 1. The number of rotatable bonds is 8. The molecular weight excluding hydrogens is 473 g/mol. The molecule has 1 atom stereocenters. The summed E-state index contributed by atoms with van der Waals surface area (Å²) in [5.74, 6) is 0.616. The smallest absolute Gasteiger partial charge is 0.416 e. The van der Waals surface area contributed by atoms with Crippen LogP contribution in [0.2, 0.25) is 0 Å². The number of hydrogen-bond donors (Lipinski definition) is 0. The Balaban J connectivity index is 1.81. The highest BCUT2D eigenvalue weighted by atomic mass is 32.2. The molecule has 0 aliphatic heterocycles. The van der Waals surface area contributed by atoms with Gasteiger partial charge in [-0.3, -0.25) is 9.59 Å². The molecule has 188 valence electrons. The van der Waals surface area contributed by atoms with Gasteiger partial charge in [0.2, 0.25) is 0 Å². The van der Waals surface area contributed by atoms with Crippen LogP contribution < -0.4 is 0 Å². The van der Waals surface area contributed by atoms with E-state index in [0.29, 0.717) is 36.3 Å². The van der Waals surface area contributed by atoms with Crippen LogP contribution >= 0.6 is 11.8 Å². The van der Waals surface area contributed by atoms with Crippen LogP contribution in [0.4, 0.5) is 13.2 Å². The van der Waals surface area contributed by atoms with E-state index in [0.717, 1.165) is 52.1 Å². The molecule has 3 rings (SSSR count). The van der Waals surface area contributed by atoms with Crippen LogP contribution in [0.5, 0.6) is 0 Å². The second kappa shape index (κ2) is 11.5. The van der Waals surface area contributed by atoms with Crippen molar-refractivity contribution >= 4 is 29.1 Å². The average Bonchev–Trinajstić information content (AvgIpc) is 2.78. The van der Waals surface area contributed by atoms with Gasteiger partial charge in [-0.25, -0.2) is 0 Å². The first-order valence-electron chi connectivity index (χ1n) is 11.9. The van der Waals surface area contributed by atoms with E-state index >= 15 is 0 Å². The zero-order valence-corrected chi connectivity index (χ0v) is 21.4. The average molecular weight is 505 g/mol. The first-order chi connectivity index (χ1) is 16.5. The second-order valence-electron chi connectivity index (χ2n) is 8.91. The monoisotopic (exact) mass is 504 g/mol. The number of thioether (sulfide) groups is 1. The van der Waals surface area contributed by atoms with Gasteiger partial charge in [0.25, 0.3) is 0 Å². The maximum Gasteiger partial charge on any atom is 0.416 e. The molecule has 1 aliphatic rings. The minimum absolute atomic E-state index is 0.00292. The molecule has 0 heterocycles. The summed E-state index contributed by atoms with van der Waals surface area (Å²) < 4.78 is 43.9. The maximum atomic E-state index is 13.4. The van der Waals surface area contributed by atoms with Gasteiger partial charge in [0, 0.05) is 24.7 Å². The van der Waals surface area contributed by atoms with Crippen molar-refractivity contribution in [3.63, 3.8) is 0 Å². The SMILES string of the molecule is CCc1cc(C)cc(CC)c1C1=C(OC(C)=O)CC(CCSc2ccc(C(F)(F)F)cc2)CC1=O. The molecule has 0 amide bonds. The summed E-state index contributed by atoms with van der Waals surface area (Å²) in [4.78, 5) is 26.1. The quantitative estimate of drug-likeness (QED) is 0.275. The van der Waals surface area contributed by atoms with Crippen molar-refractivity contribution in [3.05, 3.63) is 70.0 Å². The van der Waals surface area contributed by atoms with Crippen molar-refractivity contribution in [2.45, 2.75) is 70.9 Å². The number of Topliss-reactive ketones (excluding diaryl/α,β-unsaturated/α-hetero) is 1. The molecule has 0 fully saturated rings. The summed E-state index contributed by atoms with van der Waals surface area (Å²) in [5.41, 5.74) is 4.05. The number of benzene rings is 2. The number of halogens is 3. The Labute approximate surface area is 209 Å². The summed E-state index contributed by atoms with van der Waals surface area (Å²) in [5, 5.41) is 0. The van der Waals surface area contributed by atoms with E-state index in [2.05, 4.69) is 26.0 Å². The summed E-state index contributed by atoms with van der Waals surface area (Å²) >= 11 is 1.46. The lowest BCUT2D eigenvalue weighted by molar-refractivity contribution is -0.138. The number of carbonyl (C=O) groups is 2. The maximum absolute atomic E-state index is 13.4. The van der Waals surface area contributed by atoms with Crippen LogP contribution in [0.3, 0.4) is 0 Å². The predicted octanol–water partition coefficient (Wildman–Crippen LogP) is 7.57. The first kappa shape index (κ1) is 27.1. The minimum Gasteiger partial charge on any atom is -0.430 e. The normalized spacial score (nSPS) is 16.5. The number of hydrogen-bond acceptors (Lipinski definition) is 4. The first-order valence-corrected chi connectivity index (χ1v) is 12.9. The Morgan fingerprint density at radius 1 is 1.06 bits per heavy atom. The van der Waals surface area contributed by atoms with Gasteiger partial charge in [-0.1, -0.05) is 31.5 Å². The number of aryl methyl sites for hydroxylation is 3. The second-order valence-corrected chi connectivity index (χ2v) is 10.1. The fourth-order valence-corrected chi connectivity index (χ4v) is 5.63. The van der Waals surface area contributed by atoms with Crippen LogP contribution in [-0.4, -0.2) is 17.5 Å². The van der Waals surface area contributed by atoms with Gasteiger partial charge in [-0.2, -0.15) is 13.2 Å². The van der Waals surface area contributed by atoms with E-state index in [1.165, 1.54) is 30.8 Å². The van der Waals surface area contributed by atoms with Crippen molar-refractivity contribution in [2.24, 2.45) is 5.92 Å². The lowest BCUT2D eigenvalue weighted by Gasteiger charge is -2.28. The molecule has 0 bridgehead atoms. The molecule has 1 aliphatic carbocycles. The Morgan fingerprint density at radius 2 is 1.66 bits per heavy atom. The van der Waals surface area contributed by atoms with Gasteiger partial charge in [-0.05, 0) is 78.8 Å². The molecule has 0 saturated carbocycles. The van der Waals surface area contributed by atoms with Crippen molar-refractivity contribution in [2.75, 3.05) is 5.75 Å². The Morgan fingerprint density at radius 3 is 2.17 bits per heavy atom. The topological polar surface area (TPSA) is 43.4 Å². The van der Waals surface area contributed by atoms with Crippen LogP contribution in [0.1, 0.15) is 67.9 Å². The highest BCUT2D eigenvalue weighted by molar-refractivity contribution is 7.99. The predicted molar refractivity (Wildman–Crippen MR) is 133 cm³/mol. The van der Waals surface area contributed by atoms with Gasteiger partial charge < -0.3 is 4.74 Å². The van der Waals surface area contributed by atoms with E-state index in [4.69, 9.17) is 4.74 Å². The molecule has 0 N–H and O–H groups in total. The molecule has 0 spiro atoms. The third-order valence-electron chi connectivity index (χ3n) is 6.21. The fourth-order valence-electron chi connectivity index (χ4n) is 4.61. The largest absolute Gasteiger partial charge is 0.430 e. The van der Waals surface area contributed by atoms with Crippen LogP contribution in [0.25, 0.3) is 5.57 Å². The van der Waals surface area contributed by atoms with E-state index in [1.807, 2.05) is 6.92 Å². The van der Waals surface area contributed by atoms with Crippen molar-refractivity contribution in [1.82, 2.24) is 0 Å². The zero-order valence-electron chi connectivity index (χ0n) is 20.6. The molecule has 0 radical (unpaired) electrons. The highest BCUT2D eigenvalue weighted by Crippen LogP contribution is 2.39. The number of ketones is 1. The molecule has 1 unspecified atom stereocenters. The number of alkyl halides is 3. The van der Waals surface area contributed by atoms with Crippen LogP contribution in [-0.2, 0) is 33.3 Å². The Hall–Kier alpha value is -2.54. The highest BCUT2D eigenvalue weighted by Gasteiger charge is 2.33. The van der Waals surface area contributed by atoms with E-state index in [9.17, 15) is 22.8 Å². The molecule has 7 heteroatoms. The standard InChI is InChI=1S/C28H31F3O3S/c1-5-20-13-17(3)14-21(6-2)26(20)27-24(33)15-19(16-25(27)34-18(4)32)11-12-35-23-9-7-22(8-10-23)28(29,30)31/h7-10,13-14,19H,5-6,11-12,15-16H2,1-4H3. The molecule has 35 heavy (non-hydrogen) atoms. The van der Waals surface area contributed by atoms with Gasteiger partial charge in [0.05, 0.1) is 11.1 Å². The lowest BCUT2D eigenvalue weighted by Crippen LogP contribution is -2.23. The molecule has 3 nitrogen and oxygen atoms in total. The van der Waals surface area contributed by atoms with Crippen LogP contribution in [0, 0.1) is 12.8 Å². The van der Waals surface area contributed by atoms with Gasteiger partial charge >= 0.3 is 12.1 Å². The van der Waals surface area contributed by atoms with E-state index in [-0.39, 0.29) is 11.7 Å². The van der Waals surface area contributed by atoms with Crippen LogP contribution in [0.15, 0.2) is 47.1 Å². The number of carbonyl (C=O) groups excluding carboxylic acids is 2. The van der Waals surface area contributed by atoms with E-state index in [1.54, 1.807) is 0 Å². The summed E-state index contributed by atoms with van der Waals surface area (Å²) in [6.07, 6.45) is -1.30. The van der Waals surface area contributed by atoms with Crippen molar-refractivity contribution in [3.8, 4) is 0 Å². The molecule has 0 saturated heterocycles. The van der Waals surface area contributed by atoms with Gasteiger partial charge in [0.1, 0.15) is 5.76 Å².